The molecule has 4 nitrogen and oxygen atoms in total. The molecule has 1 rings (SSSR count). The number of hydrogen-bond donors (Lipinski definition) is 2. The molecule has 1 aromatic rings. The van der Waals surface area contributed by atoms with E-state index in [1.165, 1.54) is 5.56 Å². The lowest BCUT2D eigenvalue weighted by Crippen LogP contribution is -2.35. The van der Waals surface area contributed by atoms with Crippen LogP contribution in [0.5, 0.6) is 5.75 Å². The third-order valence-corrected chi connectivity index (χ3v) is 3.02. The van der Waals surface area contributed by atoms with Gasteiger partial charge in [0, 0.05) is 19.0 Å². The molecule has 18 heavy (non-hydrogen) atoms. The zero-order chi connectivity index (χ0) is 13.4. The second-order valence-electron chi connectivity index (χ2n) is 4.23. The Labute approximate surface area is 109 Å². The Bertz CT molecular complexity index is 359. The maximum Gasteiger partial charge on any atom is 0.224 e. The van der Waals surface area contributed by atoms with Crippen LogP contribution in [0.4, 0.5) is 0 Å². The molecule has 1 aromatic carbocycles. The molecule has 100 valence electrons. The monoisotopic (exact) mass is 250 g/mol. The lowest BCUT2D eigenvalue weighted by Gasteiger charge is -2.12. The van der Waals surface area contributed by atoms with E-state index in [4.69, 9.17) is 10.5 Å². The first-order chi connectivity index (χ1) is 8.71. The summed E-state index contributed by atoms with van der Waals surface area (Å²) in [5, 5.41) is 2.91. The highest BCUT2D eigenvalue weighted by Crippen LogP contribution is 2.11. The zero-order valence-electron chi connectivity index (χ0n) is 11.1. The second-order valence-corrected chi connectivity index (χ2v) is 4.23. The van der Waals surface area contributed by atoms with Crippen LogP contribution < -0.4 is 15.8 Å². The van der Waals surface area contributed by atoms with Crippen LogP contribution in [0.3, 0.4) is 0 Å². The summed E-state index contributed by atoms with van der Waals surface area (Å²) < 4.78 is 5.09. The first-order valence-electron chi connectivity index (χ1n) is 6.32. The molecule has 1 atom stereocenters. The number of hydrogen-bond acceptors (Lipinski definition) is 3. The number of ether oxygens (including phenoxy) is 1. The minimum atomic E-state index is -0.0686. The van der Waals surface area contributed by atoms with E-state index in [0.717, 1.165) is 18.6 Å². The van der Waals surface area contributed by atoms with E-state index in [1.54, 1.807) is 7.11 Å². The molecule has 0 aromatic heterocycles. The summed E-state index contributed by atoms with van der Waals surface area (Å²) in [7, 11) is 1.65. The fourth-order valence-corrected chi connectivity index (χ4v) is 1.73. The van der Waals surface area contributed by atoms with Crippen LogP contribution in [0.2, 0.25) is 0 Å². The summed E-state index contributed by atoms with van der Waals surface area (Å²) in [4.78, 5) is 11.7. The molecule has 0 bridgehead atoms. The van der Waals surface area contributed by atoms with Gasteiger partial charge in [-0.25, -0.2) is 0 Å². The number of rotatable bonds is 7. The molecule has 0 aliphatic carbocycles. The zero-order valence-corrected chi connectivity index (χ0v) is 11.1. The quantitative estimate of drug-likeness (QED) is 0.767. The topological polar surface area (TPSA) is 64.4 Å². The molecule has 0 saturated heterocycles. The lowest BCUT2D eigenvalue weighted by molar-refractivity contribution is -0.124. The Morgan fingerprint density at radius 3 is 2.56 bits per heavy atom. The Hall–Kier alpha value is -1.55. The van der Waals surface area contributed by atoms with Crippen molar-refractivity contribution in [3.8, 4) is 5.75 Å². The van der Waals surface area contributed by atoms with Gasteiger partial charge in [0.2, 0.25) is 5.91 Å². The fraction of sp³-hybridized carbons (Fsp3) is 0.500. The molecule has 0 fully saturated rings. The maximum atomic E-state index is 11.7. The van der Waals surface area contributed by atoms with Crippen LogP contribution in [0, 0.1) is 5.92 Å². The van der Waals surface area contributed by atoms with Gasteiger partial charge >= 0.3 is 0 Å². The molecule has 4 heteroatoms. The molecule has 1 amide bonds. The first-order valence-corrected chi connectivity index (χ1v) is 6.32. The van der Waals surface area contributed by atoms with Gasteiger partial charge in [0.25, 0.3) is 0 Å². The highest BCUT2D eigenvalue weighted by atomic mass is 16.5. The van der Waals surface area contributed by atoms with Crippen LogP contribution >= 0.6 is 0 Å². The Kier molecular flexibility index (Phi) is 6.22. The smallest absolute Gasteiger partial charge is 0.224 e. The predicted octanol–water partition coefficient (Wildman–Crippen LogP) is 1.34. The highest BCUT2D eigenvalue weighted by Gasteiger charge is 2.13. The van der Waals surface area contributed by atoms with E-state index in [1.807, 2.05) is 31.2 Å². The molecule has 0 saturated carbocycles. The van der Waals surface area contributed by atoms with Crippen LogP contribution in [-0.4, -0.2) is 26.1 Å². The predicted molar refractivity (Wildman–Crippen MR) is 72.5 cm³/mol. The van der Waals surface area contributed by atoms with Crippen molar-refractivity contribution in [3.05, 3.63) is 29.8 Å². The average molecular weight is 250 g/mol. The van der Waals surface area contributed by atoms with Crippen molar-refractivity contribution in [1.82, 2.24) is 5.32 Å². The summed E-state index contributed by atoms with van der Waals surface area (Å²) >= 11 is 0. The van der Waals surface area contributed by atoms with Crippen molar-refractivity contribution in [1.29, 1.82) is 0 Å². The fourth-order valence-electron chi connectivity index (χ4n) is 1.73. The number of benzene rings is 1. The van der Waals surface area contributed by atoms with Gasteiger partial charge in [-0.15, -0.1) is 0 Å². The summed E-state index contributed by atoms with van der Waals surface area (Å²) in [5.41, 5.74) is 6.70. The van der Waals surface area contributed by atoms with Crippen LogP contribution in [0.25, 0.3) is 0 Å². The van der Waals surface area contributed by atoms with E-state index in [-0.39, 0.29) is 11.8 Å². The van der Waals surface area contributed by atoms with E-state index in [2.05, 4.69) is 5.32 Å². The van der Waals surface area contributed by atoms with Crippen LogP contribution in [0.15, 0.2) is 24.3 Å². The standard InChI is InChI=1S/C14H22N2O2/c1-3-12(10-15)14(17)16-9-8-11-4-6-13(18-2)7-5-11/h4-7,12H,3,8-10,15H2,1-2H3,(H,16,17). The van der Waals surface area contributed by atoms with Crippen molar-refractivity contribution in [3.63, 3.8) is 0 Å². The Morgan fingerprint density at radius 2 is 2.06 bits per heavy atom. The molecule has 3 N–H and O–H groups in total. The number of amides is 1. The SMILES string of the molecule is CCC(CN)C(=O)NCCc1ccc(OC)cc1. The van der Waals surface area contributed by atoms with Crippen LogP contribution in [0.1, 0.15) is 18.9 Å². The molecule has 1 unspecified atom stereocenters. The lowest BCUT2D eigenvalue weighted by atomic mass is 10.1. The highest BCUT2D eigenvalue weighted by molar-refractivity contribution is 5.78. The van der Waals surface area contributed by atoms with Gasteiger partial charge in [-0.05, 0) is 30.5 Å². The van der Waals surface area contributed by atoms with Gasteiger partial charge in [0.1, 0.15) is 5.75 Å². The van der Waals surface area contributed by atoms with E-state index < -0.39 is 0 Å². The maximum absolute atomic E-state index is 11.7. The first kappa shape index (κ1) is 14.5. The average Bonchev–Trinajstić information content (AvgIpc) is 2.41. The molecular weight excluding hydrogens is 228 g/mol. The second kappa shape index (κ2) is 7.71. The third kappa shape index (κ3) is 4.37. The largest absolute Gasteiger partial charge is 0.497 e. The third-order valence-electron chi connectivity index (χ3n) is 3.02. The summed E-state index contributed by atoms with van der Waals surface area (Å²) in [6, 6.07) is 7.86. The summed E-state index contributed by atoms with van der Waals surface area (Å²) in [6.07, 6.45) is 1.60. The Balaban J connectivity index is 2.34. The van der Waals surface area contributed by atoms with Gasteiger partial charge in [0.15, 0.2) is 0 Å². The van der Waals surface area contributed by atoms with Gasteiger partial charge in [-0.1, -0.05) is 19.1 Å². The number of nitrogens with two attached hydrogens (primary N) is 1. The van der Waals surface area contributed by atoms with Crippen molar-refractivity contribution in [2.45, 2.75) is 19.8 Å². The van der Waals surface area contributed by atoms with E-state index in [9.17, 15) is 4.79 Å². The molecule has 0 radical (unpaired) electrons. The van der Waals surface area contributed by atoms with Crippen molar-refractivity contribution < 1.29 is 9.53 Å². The van der Waals surface area contributed by atoms with Gasteiger partial charge in [-0.3, -0.25) is 4.79 Å². The number of carbonyl (C=O) groups excluding carboxylic acids is 1. The van der Waals surface area contributed by atoms with E-state index >= 15 is 0 Å². The Morgan fingerprint density at radius 1 is 1.39 bits per heavy atom. The molecular formula is C14H22N2O2. The van der Waals surface area contributed by atoms with Gasteiger partial charge < -0.3 is 15.8 Å². The van der Waals surface area contributed by atoms with Crippen molar-refractivity contribution in [2.75, 3.05) is 20.2 Å². The van der Waals surface area contributed by atoms with Crippen molar-refractivity contribution in [2.24, 2.45) is 11.7 Å². The minimum absolute atomic E-state index is 0.0495. The van der Waals surface area contributed by atoms with Crippen LogP contribution in [-0.2, 0) is 11.2 Å². The summed E-state index contributed by atoms with van der Waals surface area (Å²) in [5.74, 6) is 0.825. The molecule has 0 aliphatic rings. The molecule has 0 spiro atoms. The number of carbonyl (C=O) groups is 1. The van der Waals surface area contributed by atoms with Gasteiger partial charge in [0.05, 0.1) is 7.11 Å². The normalized spacial score (nSPS) is 11.9. The van der Waals surface area contributed by atoms with E-state index in [0.29, 0.717) is 13.1 Å². The number of methoxy groups -OCH3 is 1. The number of nitrogens with one attached hydrogen (secondary N) is 1. The van der Waals surface area contributed by atoms with Gasteiger partial charge in [-0.2, -0.15) is 0 Å². The molecule has 0 aliphatic heterocycles. The molecule has 0 heterocycles. The van der Waals surface area contributed by atoms with Crippen molar-refractivity contribution >= 4 is 5.91 Å². The summed E-state index contributed by atoms with van der Waals surface area (Å²) in [6.45, 7) is 3.02. The minimum Gasteiger partial charge on any atom is -0.497 e.